The Hall–Kier alpha value is -1.36. The van der Waals surface area contributed by atoms with E-state index in [-0.39, 0.29) is 18.0 Å². The van der Waals surface area contributed by atoms with Gasteiger partial charge in [-0.25, -0.2) is 0 Å². The van der Waals surface area contributed by atoms with E-state index in [1.165, 1.54) is 12.8 Å². The van der Waals surface area contributed by atoms with E-state index in [4.69, 9.17) is 0 Å². The largest absolute Gasteiger partial charge is 0.337 e. The average molecular weight is 278 g/mol. The number of hydrogen-bond donors (Lipinski definition) is 1. The topological polar surface area (TPSA) is 50.2 Å². The smallest absolute Gasteiger partial charge is 0.247 e. The van der Waals surface area contributed by atoms with Crippen molar-refractivity contribution < 1.29 is 4.79 Å². The van der Waals surface area contributed by atoms with Crippen LogP contribution < -0.4 is 5.32 Å². The molecule has 1 aromatic heterocycles. The third-order valence-electron chi connectivity index (χ3n) is 4.01. The van der Waals surface area contributed by atoms with E-state index in [0.29, 0.717) is 6.04 Å². The van der Waals surface area contributed by atoms with E-state index >= 15 is 0 Å². The second-order valence-corrected chi connectivity index (χ2v) is 5.89. The highest BCUT2D eigenvalue weighted by Gasteiger charge is 2.27. The molecule has 0 aromatic carbocycles. The number of nitrogens with zero attached hydrogens (tertiary/aromatic N) is 3. The normalized spacial score (nSPS) is 20.9. The molecule has 2 rings (SSSR count). The molecule has 1 amide bonds. The van der Waals surface area contributed by atoms with Crippen molar-refractivity contribution >= 4 is 5.91 Å². The highest BCUT2D eigenvalue weighted by atomic mass is 16.2. The molecule has 0 spiro atoms. The Morgan fingerprint density at radius 1 is 1.45 bits per heavy atom. The second-order valence-electron chi connectivity index (χ2n) is 5.89. The molecule has 5 nitrogen and oxygen atoms in total. The molecule has 1 aliphatic rings. The molecule has 1 N–H and O–H groups in total. The first kappa shape index (κ1) is 15.0. The van der Waals surface area contributed by atoms with Crippen LogP contribution in [0.15, 0.2) is 18.5 Å². The van der Waals surface area contributed by atoms with Crippen LogP contribution in [0.5, 0.6) is 0 Å². The molecule has 2 heterocycles. The Kier molecular flexibility index (Phi) is 5.17. The number of carbonyl (C=O) groups is 1. The van der Waals surface area contributed by atoms with E-state index < -0.39 is 0 Å². The molecule has 0 aliphatic carbocycles. The summed E-state index contributed by atoms with van der Waals surface area (Å²) in [6.45, 7) is 7.94. The van der Waals surface area contributed by atoms with Crippen LogP contribution >= 0.6 is 0 Å². The van der Waals surface area contributed by atoms with Gasteiger partial charge < -0.3 is 10.2 Å². The Bertz CT molecular complexity index is 410. The van der Waals surface area contributed by atoms with Crippen LogP contribution in [0.25, 0.3) is 0 Å². The van der Waals surface area contributed by atoms with Gasteiger partial charge in [0.05, 0.1) is 0 Å². The van der Waals surface area contributed by atoms with Gasteiger partial charge >= 0.3 is 0 Å². The molecule has 2 unspecified atom stereocenters. The van der Waals surface area contributed by atoms with Crippen LogP contribution in [0.2, 0.25) is 0 Å². The molecule has 1 aromatic rings. The highest BCUT2D eigenvalue weighted by molar-refractivity contribution is 5.80. The molecule has 0 saturated carbocycles. The van der Waals surface area contributed by atoms with E-state index in [0.717, 1.165) is 19.5 Å². The monoisotopic (exact) mass is 278 g/mol. The maximum Gasteiger partial charge on any atom is 0.247 e. The molecule has 5 heteroatoms. The van der Waals surface area contributed by atoms with Crippen LogP contribution in [0.1, 0.15) is 46.1 Å². The van der Waals surface area contributed by atoms with Crippen LogP contribution in [0.3, 0.4) is 0 Å². The lowest BCUT2D eigenvalue weighted by molar-refractivity contribution is -0.136. The van der Waals surface area contributed by atoms with Gasteiger partial charge in [0.2, 0.25) is 5.91 Å². The fourth-order valence-electron chi connectivity index (χ4n) is 2.74. The highest BCUT2D eigenvalue weighted by Crippen LogP contribution is 2.15. The van der Waals surface area contributed by atoms with Crippen molar-refractivity contribution in [2.24, 2.45) is 0 Å². The molecule has 1 fully saturated rings. The van der Waals surface area contributed by atoms with Gasteiger partial charge in [-0.3, -0.25) is 9.48 Å². The first-order valence-corrected chi connectivity index (χ1v) is 7.62. The first-order valence-electron chi connectivity index (χ1n) is 7.62. The number of carbonyl (C=O) groups excluding carboxylic acids is 1. The fourth-order valence-corrected chi connectivity index (χ4v) is 2.74. The van der Waals surface area contributed by atoms with Crippen molar-refractivity contribution in [2.45, 2.75) is 58.2 Å². The summed E-state index contributed by atoms with van der Waals surface area (Å²) >= 11 is 0. The lowest BCUT2D eigenvalue weighted by Crippen LogP contribution is -2.49. The lowest BCUT2D eigenvalue weighted by atomic mass is 10.0. The van der Waals surface area contributed by atoms with Gasteiger partial charge in [0.15, 0.2) is 0 Å². The number of aromatic nitrogens is 2. The van der Waals surface area contributed by atoms with Gasteiger partial charge in [0.25, 0.3) is 0 Å². The molecule has 112 valence electrons. The zero-order chi connectivity index (χ0) is 14.5. The number of hydrogen-bond acceptors (Lipinski definition) is 3. The third kappa shape index (κ3) is 3.60. The lowest BCUT2D eigenvalue weighted by Gasteiger charge is -2.34. The molecule has 2 atom stereocenters. The summed E-state index contributed by atoms with van der Waals surface area (Å²) in [6, 6.07) is 2.26. The van der Waals surface area contributed by atoms with Crippen LogP contribution in [-0.4, -0.2) is 45.8 Å². The van der Waals surface area contributed by atoms with Gasteiger partial charge in [-0.05, 0) is 46.2 Å². The van der Waals surface area contributed by atoms with Crippen molar-refractivity contribution in [1.29, 1.82) is 0 Å². The van der Waals surface area contributed by atoms with Gasteiger partial charge in [-0.1, -0.05) is 6.42 Å². The summed E-state index contributed by atoms with van der Waals surface area (Å²) in [7, 11) is 0. The molecule has 1 aliphatic heterocycles. The van der Waals surface area contributed by atoms with Crippen molar-refractivity contribution in [2.75, 3.05) is 13.1 Å². The number of nitrogens with one attached hydrogen (secondary N) is 1. The molecule has 20 heavy (non-hydrogen) atoms. The van der Waals surface area contributed by atoms with Crippen LogP contribution in [-0.2, 0) is 4.79 Å². The van der Waals surface area contributed by atoms with Gasteiger partial charge in [-0.2, -0.15) is 5.10 Å². The number of rotatable bonds is 5. The zero-order valence-electron chi connectivity index (χ0n) is 12.7. The minimum atomic E-state index is -0.240. The van der Waals surface area contributed by atoms with E-state index in [1.807, 2.05) is 24.1 Å². The summed E-state index contributed by atoms with van der Waals surface area (Å²) in [4.78, 5) is 14.7. The van der Waals surface area contributed by atoms with Crippen molar-refractivity contribution in [3.05, 3.63) is 18.5 Å². The summed E-state index contributed by atoms with van der Waals surface area (Å²) in [5, 5.41) is 7.70. The minimum absolute atomic E-state index is 0.149. The van der Waals surface area contributed by atoms with Gasteiger partial charge in [0, 0.05) is 31.0 Å². The number of amides is 1. The maximum atomic E-state index is 12.7. The zero-order valence-corrected chi connectivity index (χ0v) is 12.7. The summed E-state index contributed by atoms with van der Waals surface area (Å²) < 4.78 is 1.73. The quantitative estimate of drug-likeness (QED) is 0.894. The van der Waals surface area contributed by atoms with Crippen molar-refractivity contribution in [3.8, 4) is 0 Å². The third-order valence-corrected chi connectivity index (χ3v) is 4.01. The molecule has 0 bridgehead atoms. The standard InChI is InChI=1S/C15H26N4O/c1-12(2)18(11-14-7-4-5-8-16-14)15(20)13(3)19-10-6-9-17-19/h6,9-10,12-14,16H,4-5,7-8,11H2,1-3H3. The summed E-state index contributed by atoms with van der Waals surface area (Å²) in [5.41, 5.74) is 0. The molecule has 1 saturated heterocycles. The van der Waals surface area contributed by atoms with E-state index in [1.54, 1.807) is 10.9 Å². The summed E-state index contributed by atoms with van der Waals surface area (Å²) in [6.07, 6.45) is 7.22. The maximum absolute atomic E-state index is 12.7. The predicted octanol–water partition coefficient (Wildman–Crippen LogP) is 1.82. The van der Waals surface area contributed by atoms with Crippen LogP contribution in [0, 0.1) is 0 Å². The molecular weight excluding hydrogens is 252 g/mol. The minimum Gasteiger partial charge on any atom is -0.337 e. The van der Waals surface area contributed by atoms with E-state index in [2.05, 4.69) is 24.3 Å². The summed E-state index contributed by atoms with van der Waals surface area (Å²) in [5.74, 6) is 0.149. The Labute approximate surface area is 121 Å². The van der Waals surface area contributed by atoms with Crippen LogP contribution in [0.4, 0.5) is 0 Å². The SMILES string of the molecule is CC(C)N(CC1CCCCN1)C(=O)C(C)n1cccn1. The van der Waals surface area contributed by atoms with Crippen molar-refractivity contribution in [3.63, 3.8) is 0 Å². The van der Waals surface area contributed by atoms with Gasteiger partial charge in [-0.15, -0.1) is 0 Å². The second kappa shape index (κ2) is 6.88. The van der Waals surface area contributed by atoms with Crippen molar-refractivity contribution in [1.82, 2.24) is 20.0 Å². The van der Waals surface area contributed by atoms with Gasteiger partial charge in [0.1, 0.15) is 6.04 Å². The Balaban J connectivity index is 2.01. The Morgan fingerprint density at radius 2 is 2.25 bits per heavy atom. The fraction of sp³-hybridized carbons (Fsp3) is 0.733. The Morgan fingerprint density at radius 3 is 2.80 bits per heavy atom. The average Bonchev–Trinajstić information content (AvgIpc) is 2.98. The number of piperidine rings is 1. The first-order chi connectivity index (χ1) is 9.59. The van der Waals surface area contributed by atoms with E-state index in [9.17, 15) is 4.79 Å². The predicted molar refractivity (Wildman–Crippen MR) is 79.4 cm³/mol. The molecule has 0 radical (unpaired) electrons. The molecular formula is C15H26N4O.